The van der Waals surface area contributed by atoms with Crippen molar-refractivity contribution in [3.63, 3.8) is 0 Å². The zero-order valence-electron chi connectivity index (χ0n) is 13.4. The molecule has 3 nitrogen and oxygen atoms in total. The first-order valence-corrected chi connectivity index (χ1v) is 8.45. The van der Waals surface area contributed by atoms with E-state index in [2.05, 4.69) is 34.8 Å². The maximum atomic E-state index is 6.00. The Morgan fingerprint density at radius 1 is 0.957 bits per heavy atom. The van der Waals surface area contributed by atoms with Gasteiger partial charge in [-0.3, -0.25) is 5.43 Å². The molecule has 1 saturated carbocycles. The van der Waals surface area contributed by atoms with Crippen LogP contribution < -0.4 is 5.43 Å². The van der Waals surface area contributed by atoms with E-state index in [0.29, 0.717) is 12.7 Å². The number of nitrogens with zero attached hydrogens (tertiary/aromatic N) is 1. The van der Waals surface area contributed by atoms with Gasteiger partial charge in [0.05, 0.1) is 24.6 Å². The Labute approximate surface area is 138 Å². The van der Waals surface area contributed by atoms with Crippen molar-refractivity contribution in [2.24, 2.45) is 5.10 Å². The molecule has 1 fully saturated rings. The third-order valence-electron chi connectivity index (χ3n) is 4.20. The fraction of sp³-hybridized carbons (Fsp3) is 0.350. The minimum Gasteiger partial charge on any atom is -0.374 e. The van der Waals surface area contributed by atoms with E-state index in [-0.39, 0.29) is 0 Å². The third kappa shape index (κ3) is 5.22. The van der Waals surface area contributed by atoms with Crippen LogP contribution in [0.1, 0.15) is 43.2 Å². The molecule has 1 aliphatic rings. The summed E-state index contributed by atoms with van der Waals surface area (Å²) < 4.78 is 6.00. The van der Waals surface area contributed by atoms with Gasteiger partial charge in [0.25, 0.3) is 0 Å². The zero-order chi connectivity index (χ0) is 15.7. The Bertz CT molecular complexity index is 601. The predicted molar refractivity (Wildman–Crippen MR) is 95.8 cm³/mol. The molecular weight excluding hydrogens is 284 g/mol. The second-order valence-electron chi connectivity index (χ2n) is 6.05. The van der Waals surface area contributed by atoms with Crippen LogP contribution in [0.2, 0.25) is 0 Å². The molecule has 3 heteroatoms. The maximum absolute atomic E-state index is 6.00. The van der Waals surface area contributed by atoms with Gasteiger partial charge in [-0.2, -0.15) is 5.10 Å². The summed E-state index contributed by atoms with van der Waals surface area (Å²) in [5, 5.41) is 4.25. The second-order valence-corrected chi connectivity index (χ2v) is 6.05. The SMILES string of the molecule is C(=NNc1ccccc1)c1ccc(COC2CCCCC2)cc1. The zero-order valence-corrected chi connectivity index (χ0v) is 13.4. The summed E-state index contributed by atoms with van der Waals surface area (Å²) in [6.07, 6.45) is 8.72. The molecule has 0 unspecified atom stereocenters. The number of hydrogen-bond donors (Lipinski definition) is 1. The minimum atomic E-state index is 0.458. The second kappa shape index (κ2) is 8.49. The van der Waals surface area contributed by atoms with Crippen LogP contribution in [0, 0.1) is 0 Å². The molecule has 0 aromatic heterocycles. The van der Waals surface area contributed by atoms with Gasteiger partial charge in [-0.05, 0) is 36.1 Å². The molecule has 0 amide bonds. The summed E-state index contributed by atoms with van der Waals surface area (Å²) in [5.41, 5.74) is 6.31. The molecule has 1 N–H and O–H groups in total. The Kier molecular flexibility index (Phi) is 5.81. The van der Waals surface area contributed by atoms with Gasteiger partial charge in [0.1, 0.15) is 0 Å². The Hall–Kier alpha value is -2.13. The summed E-state index contributed by atoms with van der Waals surface area (Å²) in [6, 6.07) is 18.3. The Morgan fingerprint density at radius 2 is 1.70 bits per heavy atom. The lowest BCUT2D eigenvalue weighted by molar-refractivity contribution is 0.0169. The van der Waals surface area contributed by atoms with Gasteiger partial charge < -0.3 is 4.74 Å². The van der Waals surface area contributed by atoms with Crippen LogP contribution in [0.5, 0.6) is 0 Å². The molecule has 0 aliphatic heterocycles. The van der Waals surface area contributed by atoms with E-state index in [9.17, 15) is 0 Å². The molecule has 23 heavy (non-hydrogen) atoms. The van der Waals surface area contributed by atoms with Crippen molar-refractivity contribution in [2.75, 3.05) is 5.43 Å². The molecule has 120 valence electrons. The van der Waals surface area contributed by atoms with Crippen LogP contribution in [-0.4, -0.2) is 12.3 Å². The van der Waals surface area contributed by atoms with Gasteiger partial charge in [0, 0.05) is 0 Å². The van der Waals surface area contributed by atoms with Crippen molar-refractivity contribution in [2.45, 2.75) is 44.8 Å². The van der Waals surface area contributed by atoms with Gasteiger partial charge in [-0.1, -0.05) is 61.7 Å². The van der Waals surface area contributed by atoms with Gasteiger partial charge >= 0.3 is 0 Å². The van der Waals surface area contributed by atoms with E-state index in [0.717, 1.165) is 11.3 Å². The molecule has 2 aromatic rings. The van der Waals surface area contributed by atoms with Crippen molar-refractivity contribution in [1.29, 1.82) is 0 Å². The molecule has 3 rings (SSSR count). The average Bonchev–Trinajstić information content (AvgIpc) is 2.63. The standard InChI is InChI=1S/C20H24N2O/c1-3-7-19(8-4-1)22-21-15-17-11-13-18(14-12-17)16-23-20-9-5-2-6-10-20/h1,3-4,7-8,11-15,20,22H,2,5-6,9-10,16H2. The highest BCUT2D eigenvalue weighted by molar-refractivity contribution is 5.80. The molecule has 0 saturated heterocycles. The van der Waals surface area contributed by atoms with Crippen LogP contribution in [0.4, 0.5) is 5.69 Å². The van der Waals surface area contributed by atoms with E-state index in [4.69, 9.17) is 4.74 Å². The monoisotopic (exact) mass is 308 g/mol. The summed E-state index contributed by atoms with van der Waals surface area (Å²) in [4.78, 5) is 0. The lowest BCUT2D eigenvalue weighted by Crippen LogP contribution is -2.16. The van der Waals surface area contributed by atoms with Crippen LogP contribution in [0.3, 0.4) is 0 Å². The minimum absolute atomic E-state index is 0.458. The highest BCUT2D eigenvalue weighted by atomic mass is 16.5. The molecule has 0 radical (unpaired) electrons. The molecule has 0 bridgehead atoms. The number of benzene rings is 2. The summed E-state index contributed by atoms with van der Waals surface area (Å²) in [7, 11) is 0. The third-order valence-corrected chi connectivity index (χ3v) is 4.20. The highest BCUT2D eigenvalue weighted by Crippen LogP contribution is 2.21. The number of ether oxygens (including phenoxy) is 1. The average molecular weight is 308 g/mol. The van der Waals surface area contributed by atoms with E-state index in [1.54, 1.807) is 0 Å². The van der Waals surface area contributed by atoms with Crippen molar-refractivity contribution in [3.8, 4) is 0 Å². The van der Waals surface area contributed by atoms with Crippen LogP contribution in [0.15, 0.2) is 59.7 Å². The Balaban J connectivity index is 1.46. The van der Waals surface area contributed by atoms with E-state index >= 15 is 0 Å². The topological polar surface area (TPSA) is 33.6 Å². The van der Waals surface area contributed by atoms with Gasteiger partial charge in [0.2, 0.25) is 0 Å². The summed E-state index contributed by atoms with van der Waals surface area (Å²) in [6.45, 7) is 0.713. The molecular formula is C20H24N2O. The van der Waals surface area contributed by atoms with Gasteiger partial charge in [-0.15, -0.1) is 0 Å². The summed E-state index contributed by atoms with van der Waals surface area (Å²) >= 11 is 0. The number of para-hydroxylation sites is 1. The fourth-order valence-electron chi connectivity index (χ4n) is 2.84. The lowest BCUT2D eigenvalue weighted by atomic mass is 9.98. The van der Waals surface area contributed by atoms with Crippen LogP contribution >= 0.6 is 0 Å². The van der Waals surface area contributed by atoms with Gasteiger partial charge in [-0.25, -0.2) is 0 Å². The van der Waals surface area contributed by atoms with Crippen molar-refractivity contribution >= 4 is 11.9 Å². The molecule has 0 spiro atoms. The first-order valence-electron chi connectivity index (χ1n) is 8.45. The number of anilines is 1. The van der Waals surface area contributed by atoms with E-state index in [1.807, 2.05) is 36.5 Å². The first-order chi connectivity index (χ1) is 11.4. The van der Waals surface area contributed by atoms with Crippen molar-refractivity contribution < 1.29 is 4.74 Å². The quantitative estimate of drug-likeness (QED) is 0.603. The smallest absolute Gasteiger partial charge is 0.0720 e. The van der Waals surface area contributed by atoms with Gasteiger partial charge in [0.15, 0.2) is 0 Å². The number of rotatable bonds is 6. The highest BCUT2D eigenvalue weighted by Gasteiger charge is 2.13. The predicted octanol–water partition coefficient (Wildman–Crippen LogP) is 4.98. The first kappa shape index (κ1) is 15.8. The molecule has 2 aromatic carbocycles. The normalized spacial score (nSPS) is 15.8. The van der Waals surface area contributed by atoms with Crippen LogP contribution in [-0.2, 0) is 11.3 Å². The van der Waals surface area contributed by atoms with Crippen LogP contribution in [0.25, 0.3) is 0 Å². The number of hydrogen-bond acceptors (Lipinski definition) is 3. The number of nitrogens with one attached hydrogen (secondary N) is 1. The summed E-state index contributed by atoms with van der Waals surface area (Å²) in [5.74, 6) is 0. The lowest BCUT2D eigenvalue weighted by Gasteiger charge is -2.22. The molecule has 0 atom stereocenters. The van der Waals surface area contributed by atoms with E-state index in [1.165, 1.54) is 37.7 Å². The van der Waals surface area contributed by atoms with Crippen molar-refractivity contribution in [1.82, 2.24) is 0 Å². The largest absolute Gasteiger partial charge is 0.374 e. The Morgan fingerprint density at radius 3 is 2.43 bits per heavy atom. The molecule has 1 aliphatic carbocycles. The fourth-order valence-corrected chi connectivity index (χ4v) is 2.84. The number of hydrazone groups is 1. The maximum Gasteiger partial charge on any atom is 0.0720 e. The molecule has 0 heterocycles. The van der Waals surface area contributed by atoms with Crippen molar-refractivity contribution in [3.05, 3.63) is 65.7 Å². The van der Waals surface area contributed by atoms with E-state index < -0.39 is 0 Å².